The van der Waals surface area contributed by atoms with Gasteiger partial charge in [0.25, 0.3) is 0 Å². The van der Waals surface area contributed by atoms with Gasteiger partial charge in [0.15, 0.2) is 12.3 Å². The van der Waals surface area contributed by atoms with Crippen LogP contribution in [-0.2, 0) is 47.1 Å². The van der Waals surface area contributed by atoms with E-state index in [4.69, 9.17) is 27.3 Å². The molecule has 2 bridgehead atoms. The molecule has 3 N–H and O–H groups in total. The van der Waals surface area contributed by atoms with Gasteiger partial charge in [0.05, 0.1) is 51.3 Å². The van der Waals surface area contributed by atoms with Crippen LogP contribution in [0.25, 0.3) is 0 Å². The molecule has 0 aromatic heterocycles. The summed E-state index contributed by atoms with van der Waals surface area (Å²) in [7, 11) is -4.99. The van der Waals surface area contributed by atoms with Crippen LogP contribution in [-0.4, -0.2) is 111 Å². The average Bonchev–Trinajstić information content (AvgIpc) is 2.98. The van der Waals surface area contributed by atoms with Gasteiger partial charge in [-0.2, -0.15) is 0 Å². The summed E-state index contributed by atoms with van der Waals surface area (Å²) in [6, 6.07) is 0. The molecule has 0 aromatic rings. The van der Waals surface area contributed by atoms with E-state index in [9.17, 15) is 33.5 Å². The van der Waals surface area contributed by atoms with E-state index in [-0.39, 0.29) is 44.2 Å². The third-order valence-corrected chi connectivity index (χ3v) is 7.67. The van der Waals surface area contributed by atoms with Crippen LogP contribution in [0.3, 0.4) is 0 Å². The minimum atomic E-state index is -4.99. The van der Waals surface area contributed by atoms with Gasteiger partial charge in [-0.05, 0) is 12.8 Å². The molecule has 3 saturated heterocycles. The van der Waals surface area contributed by atoms with Crippen molar-refractivity contribution in [1.29, 1.82) is 0 Å². The lowest BCUT2D eigenvalue weighted by Gasteiger charge is -2.45. The van der Waals surface area contributed by atoms with E-state index in [0.717, 1.165) is 0 Å². The maximum atomic E-state index is 11.4. The highest BCUT2D eigenvalue weighted by Crippen LogP contribution is 2.39. The smallest absolute Gasteiger partial charge is 0.218 e. The molecule has 17 heteroatoms. The van der Waals surface area contributed by atoms with Crippen molar-refractivity contribution in [2.45, 2.75) is 62.5 Å². The van der Waals surface area contributed by atoms with Crippen molar-refractivity contribution in [2.75, 3.05) is 39.6 Å². The highest BCUT2D eigenvalue weighted by Gasteiger charge is 2.49. The minimum Gasteiger partial charge on any atom is -0.726 e. The molecule has 0 spiro atoms. The number of fused-ring (bicyclic) bond motifs is 2. The van der Waals surface area contributed by atoms with E-state index >= 15 is 0 Å². The molecule has 0 amide bonds. The Kier molecular flexibility index (Phi) is 12.0. The molecule has 4 unspecified atom stereocenters. The molecule has 10 atom stereocenters. The second-order valence-corrected chi connectivity index (χ2v) is 10.3. The van der Waals surface area contributed by atoms with Gasteiger partial charge in [0.2, 0.25) is 10.4 Å². The van der Waals surface area contributed by atoms with Crippen LogP contribution in [0, 0.1) is 17.8 Å². The molecule has 0 saturated carbocycles. The fraction of sp³-hybridized carbons (Fsp3) is 1.00. The zero-order chi connectivity index (χ0) is 26.3. The number of aliphatic hydroxyl groups is 3. The third kappa shape index (κ3) is 7.67. The lowest BCUT2D eigenvalue weighted by Crippen LogP contribution is -2.58. The Balaban J connectivity index is 1.65. The van der Waals surface area contributed by atoms with Crippen molar-refractivity contribution in [3.63, 3.8) is 0 Å². The molecule has 212 valence electrons. The first kappa shape index (κ1) is 30.3. The van der Waals surface area contributed by atoms with Gasteiger partial charge in [-0.1, -0.05) is 6.92 Å². The number of hydrogen-bond acceptors (Lipinski definition) is 16. The van der Waals surface area contributed by atoms with Crippen molar-refractivity contribution in [2.24, 2.45) is 17.8 Å². The Morgan fingerprint density at radius 1 is 1.06 bits per heavy atom. The zero-order valence-corrected chi connectivity index (χ0v) is 21.1. The minimum absolute atomic E-state index is 0.0541. The number of rotatable bonds is 13. The summed E-state index contributed by atoms with van der Waals surface area (Å²) >= 11 is 0.173. The Hall–Kier alpha value is -0.220. The lowest BCUT2D eigenvalue weighted by molar-refractivity contribution is -0.777. The second-order valence-electron chi connectivity index (χ2n) is 8.82. The molecule has 36 heavy (non-hydrogen) atoms. The quantitative estimate of drug-likeness (QED) is 0.0530. The molecule has 0 aliphatic carbocycles. The van der Waals surface area contributed by atoms with Crippen molar-refractivity contribution in [1.82, 2.24) is 0 Å². The topological polar surface area (TPSA) is 215 Å². The van der Waals surface area contributed by atoms with Gasteiger partial charge in [-0.25, -0.2) is 8.42 Å². The molecular weight excluding hydrogens is 532 g/mol. The summed E-state index contributed by atoms with van der Waals surface area (Å²) in [5, 5.41) is 43.3. The van der Waals surface area contributed by atoms with Crippen LogP contribution in [0.1, 0.15) is 19.8 Å². The lowest BCUT2D eigenvalue weighted by atomic mass is 9.79. The van der Waals surface area contributed by atoms with Gasteiger partial charge < -0.3 is 44.1 Å². The third-order valence-electron chi connectivity index (χ3n) is 6.80. The van der Waals surface area contributed by atoms with Crippen LogP contribution in [0.4, 0.5) is 0 Å². The van der Waals surface area contributed by atoms with Gasteiger partial charge in [-0.3, -0.25) is 13.4 Å². The molecule has 3 rings (SSSR count). The average molecular weight is 565 g/mol. The Morgan fingerprint density at radius 3 is 2.47 bits per heavy atom. The highest BCUT2D eigenvalue weighted by molar-refractivity contribution is 7.89. The predicted molar refractivity (Wildman–Crippen MR) is 114 cm³/mol. The van der Waals surface area contributed by atoms with Crippen molar-refractivity contribution < 1.29 is 70.2 Å². The first-order chi connectivity index (χ1) is 17.2. The van der Waals surface area contributed by atoms with Crippen LogP contribution in [0.15, 0.2) is 0 Å². The van der Waals surface area contributed by atoms with E-state index in [1.807, 2.05) is 0 Å². The van der Waals surface area contributed by atoms with E-state index in [0.29, 0.717) is 19.4 Å². The zero-order valence-electron chi connectivity index (χ0n) is 19.5. The molecule has 0 aromatic carbocycles. The number of ether oxygens (including phenoxy) is 4. The largest absolute Gasteiger partial charge is 0.726 e. The number of aliphatic hydroxyl groups excluding tert-OH is 3. The predicted octanol–water partition coefficient (Wildman–Crippen LogP) is -2.42. The van der Waals surface area contributed by atoms with Crippen molar-refractivity contribution in [3.05, 3.63) is 0 Å². The summed E-state index contributed by atoms with van der Waals surface area (Å²) in [5.74, 6) is -1.78. The Labute approximate surface area is 213 Å². The first-order valence-corrected chi connectivity index (χ1v) is 13.5. The van der Waals surface area contributed by atoms with E-state index in [2.05, 4.69) is 9.37 Å². The van der Waals surface area contributed by atoms with Crippen LogP contribution < -0.4 is 5.26 Å². The second kappa shape index (κ2) is 14.2. The fourth-order valence-corrected chi connectivity index (χ4v) is 6.05. The van der Waals surface area contributed by atoms with Gasteiger partial charge in [-0.15, -0.1) is 4.33 Å². The summed E-state index contributed by atoms with van der Waals surface area (Å²) in [6.45, 7) is 1.19. The Morgan fingerprint density at radius 2 is 1.83 bits per heavy atom. The maximum absolute atomic E-state index is 11.4. The number of hydrogen-bond donors (Lipinski definition) is 3. The highest BCUT2D eigenvalue weighted by atomic mass is 32.3. The molecule has 15 nitrogen and oxygen atoms in total. The SMILES string of the molecule is CC[C@H]1OC2CCOC[C@@H](C1OS(=O)(=O)[O-])[C@H]2COC[C@@H]1OC(CO)[C@@H](OSOO[O-])[C@@H](CO)C1O. The monoisotopic (exact) mass is 564 g/mol. The molecular formula is C19H32O15S2-2. The van der Waals surface area contributed by atoms with Crippen molar-refractivity contribution >= 4 is 22.7 Å². The molecule has 3 heterocycles. The molecule has 3 fully saturated rings. The molecule has 0 radical (unpaired) electrons. The Bertz CT molecular complexity index is 757. The standard InChI is InChI=1S/C19H34O15S2/c1-2-13-19(32-36(24,25)26)12-8-27-4-3-14(29-13)11(12)7-28-9-16-17(22)10(5-20)18(15(6-21)30-16)31-35-34-33-23/h10-23H,2-9H2,1H3,(H,24,25,26)/p-2/t10-,11+,12+,13+,14?,15?,16-,17?,18-,19?/m0/s1. The summed E-state index contributed by atoms with van der Waals surface area (Å²) < 4.78 is 71.4. The van der Waals surface area contributed by atoms with Crippen molar-refractivity contribution in [3.8, 4) is 0 Å². The molecule has 3 aliphatic rings. The summed E-state index contributed by atoms with van der Waals surface area (Å²) in [6.07, 6.45) is -5.25. The first-order valence-electron chi connectivity index (χ1n) is 11.5. The van der Waals surface area contributed by atoms with Gasteiger partial charge in [0.1, 0.15) is 24.4 Å². The van der Waals surface area contributed by atoms with E-state index in [1.54, 1.807) is 6.92 Å². The van der Waals surface area contributed by atoms with E-state index < -0.39 is 72.1 Å². The van der Waals surface area contributed by atoms with Gasteiger partial charge in [0, 0.05) is 24.4 Å². The van der Waals surface area contributed by atoms with E-state index in [1.165, 1.54) is 0 Å². The summed E-state index contributed by atoms with van der Waals surface area (Å²) in [4.78, 5) is 0. The summed E-state index contributed by atoms with van der Waals surface area (Å²) in [5.41, 5.74) is 0. The molecule has 3 aliphatic heterocycles. The van der Waals surface area contributed by atoms with Gasteiger partial charge >= 0.3 is 0 Å². The van der Waals surface area contributed by atoms with Crippen LogP contribution >= 0.6 is 12.3 Å². The van der Waals surface area contributed by atoms with Crippen LogP contribution in [0.2, 0.25) is 0 Å². The maximum Gasteiger partial charge on any atom is 0.218 e. The fourth-order valence-electron chi connectivity index (χ4n) is 5.10. The normalized spacial score (nSPS) is 39.6. The van der Waals surface area contributed by atoms with Crippen LogP contribution in [0.5, 0.6) is 0 Å².